The number of nitrogens with zero attached hydrogens (tertiary/aromatic N) is 4. The minimum atomic E-state index is -0.286. The second-order valence-electron chi connectivity index (χ2n) is 8.52. The summed E-state index contributed by atoms with van der Waals surface area (Å²) in [5.74, 6) is 0.0527. The Hall–Kier alpha value is -2.26. The highest BCUT2D eigenvalue weighted by atomic mass is 32.1. The lowest BCUT2D eigenvalue weighted by Gasteiger charge is -2.39. The van der Waals surface area contributed by atoms with Crippen molar-refractivity contribution in [3.8, 4) is 0 Å². The first-order valence-electron chi connectivity index (χ1n) is 11.1. The Morgan fingerprint density at radius 1 is 1.00 bits per heavy atom. The number of anilines is 1. The van der Waals surface area contributed by atoms with Crippen molar-refractivity contribution in [2.75, 3.05) is 50.8 Å². The average Bonchev–Trinajstić information content (AvgIpc) is 3.48. The number of amides is 2. The maximum atomic E-state index is 13.4. The number of carbonyl (C=O) groups is 2. The van der Waals surface area contributed by atoms with Crippen LogP contribution in [-0.2, 0) is 14.3 Å². The molecule has 9 heteroatoms. The van der Waals surface area contributed by atoms with Crippen molar-refractivity contribution in [2.24, 2.45) is 5.92 Å². The smallest absolute Gasteiger partial charge is 0.251 e. The molecule has 0 spiro atoms. The van der Waals surface area contributed by atoms with E-state index in [0.717, 1.165) is 54.1 Å². The predicted molar refractivity (Wildman–Crippen MR) is 117 cm³/mol. The lowest BCUT2D eigenvalue weighted by atomic mass is 9.95. The summed E-state index contributed by atoms with van der Waals surface area (Å²) in [5, 5.41) is 0.896. The van der Waals surface area contributed by atoms with E-state index in [1.807, 2.05) is 9.80 Å². The van der Waals surface area contributed by atoms with E-state index >= 15 is 0 Å². The number of carbonyl (C=O) groups excluding carboxylic acids is 2. The summed E-state index contributed by atoms with van der Waals surface area (Å²) in [4.78, 5) is 36.1. The van der Waals surface area contributed by atoms with E-state index in [1.54, 1.807) is 6.07 Å². The van der Waals surface area contributed by atoms with E-state index in [1.165, 1.54) is 23.5 Å². The molecular weight excluding hydrogens is 419 g/mol. The Morgan fingerprint density at radius 3 is 2.39 bits per heavy atom. The maximum absolute atomic E-state index is 13.4. The molecule has 166 valence electrons. The van der Waals surface area contributed by atoms with E-state index in [-0.39, 0.29) is 29.7 Å². The monoisotopic (exact) mass is 446 g/mol. The average molecular weight is 447 g/mol. The van der Waals surface area contributed by atoms with Gasteiger partial charge in [-0.25, -0.2) is 9.37 Å². The van der Waals surface area contributed by atoms with Gasteiger partial charge in [0, 0.05) is 51.8 Å². The molecule has 5 rings (SSSR count). The number of hydrogen-bond donors (Lipinski definition) is 0. The highest BCUT2D eigenvalue weighted by Gasteiger charge is 2.34. The second kappa shape index (κ2) is 8.70. The zero-order chi connectivity index (χ0) is 21.4. The van der Waals surface area contributed by atoms with Gasteiger partial charge < -0.3 is 19.4 Å². The fourth-order valence-corrected chi connectivity index (χ4v) is 5.76. The van der Waals surface area contributed by atoms with Crippen molar-refractivity contribution in [3.05, 3.63) is 24.0 Å². The number of aromatic nitrogens is 1. The molecule has 31 heavy (non-hydrogen) atoms. The van der Waals surface area contributed by atoms with Crippen LogP contribution in [0.3, 0.4) is 0 Å². The van der Waals surface area contributed by atoms with Gasteiger partial charge in [-0.2, -0.15) is 0 Å². The summed E-state index contributed by atoms with van der Waals surface area (Å²) in [6.07, 6.45) is 3.04. The molecule has 7 nitrogen and oxygen atoms in total. The molecule has 0 N–H and O–H groups in total. The number of fused-ring (bicyclic) bond motifs is 1. The Labute approximate surface area is 184 Å². The molecule has 3 fully saturated rings. The lowest BCUT2D eigenvalue weighted by Crippen LogP contribution is -2.54. The van der Waals surface area contributed by atoms with E-state index in [9.17, 15) is 14.0 Å². The summed E-state index contributed by atoms with van der Waals surface area (Å²) < 4.78 is 19.8. The van der Waals surface area contributed by atoms with Gasteiger partial charge >= 0.3 is 0 Å². The number of hydrogen-bond acceptors (Lipinski definition) is 6. The molecule has 2 aromatic rings. The van der Waals surface area contributed by atoms with Crippen molar-refractivity contribution >= 4 is 38.5 Å². The van der Waals surface area contributed by atoms with E-state index < -0.39 is 0 Å². The third kappa shape index (κ3) is 4.25. The van der Waals surface area contributed by atoms with Crippen LogP contribution in [0.2, 0.25) is 0 Å². The van der Waals surface area contributed by atoms with E-state index in [4.69, 9.17) is 4.74 Å². The predicted octanol–water partition coefficient (Wildman–Crippen LogP) is 2.50. The largest absolute Gasteiger partial charge is 0.368 e. The topological polar surface area (TPSA) is 66.0 Å². The highest BCUT2D eigenvalue weighted by molar-refractivity contribution is 7.22. The van der Waals surface area contributed by atoms with Crippen molar-refractivity contribution in [1.82, 2.24) is 14.8 Å². The van der Waals surface area contributed by atoms with Gasteiger partial charge in [0.2, 0.25) is 5.91 Å². The van der Waals surface area contributed by atoms with Crippen LogP contribution in [-0.4, -0.2) is 78.6 Å². The normalized spacial score (nSPS) is 23.0. The van der Waals surface area contributed by atoms with Crippen molar-refractivity contribution in [2.45, 2.75) is 31.8 Å². The summed E-state index contributed by atoms with van der Waals surface area (Å²) in [6.45, 7) is 4.59. The van der Waals surface area contributed by atoms with Crippen molar-refractivity contribution < 1.29 is 18.7 Å². The van der Waals surface area contributed by atoms with Gasteiger partial charge in [-0.05, 0) is 43.9 Å². The molecule has 1 unspecified atom stereocenters. The molecule has 3 aliphatic rings. The maximum Gasteiger partial charge on any atom is 0.251 e. The molecule has 0 aliphatic carbocycles. The molecule has 2 amide bonds. The van der Waals surface area contributed by atoms with Crippen molar-refractivity contribution in [1.29, 1.82) is 0 Å². The molecule has 1 aromatic heterocycles. The lowest BCUT2D eigenvalue weighted by molar-refractivity contribution is -0.147. The number of benzene rings is 1. The molecule has 3 saturated heterocycles. The number of rotatable bonds is 3. The quantitative estimate of drug-likeness (QED) is 0.725. The zero-order valence-corrected chi connectivity index (χ0v) is 18.3. The first-order chi connectivity index (χ1) is 15.1. The van der Waals surface area contributed by atoms with E-state index in [2.05, 4.69) is 9.88 Å². The summed E-state index contributed by atoms with van der Waals surface area (Å²) >= 11 is 1.50. The third-order valence-corrected chi connectivity index (χ3v) is 7.64. The van der Waals surface area contributed by atoms with Gasteiger partial charge in [0.1, 0.15) is 11.9 Å². The number of thiazole rings is 1. The van der Waals surface area contributed by atoms with Crippen LogP contribution in [0.25, 0.3) is 10.2 Å². The van der Waals surface area contributed by atoms with Crippen LogP contribution in [0, 0.1) is 11.7 Å². The minimum absolute atomic E-state index is 0.0171. The summed E-state index contributed by atoms with van der Waals surface area (Å²) in [7, 11) is 0. The third-order valence-electron chi connectivity index (χ3n) is 6.56. The Morgan fingerprint density at radius 2 is 1.71 bits per heavy atom. The fourth-order valence-electron chi connectivity index (χ4n) is 4.72. The number of piperidine rings is 1. The number of piperazine rings is 1. The van der Waals surface area contributed by atoms with Gasteiger partial charge in [-0.3, -0.25) is 9.59 Å². The van der Waals surface area contributed by atoms with Crippen LogP contribution in [0.4, 0.5) is 9.52 Å². The van der Waals surface area contributed by atoms with E-state index in [0.29, 0.717) is 32.8 Å². The summed E-state index contributed by atoms with van der Waals surface area (Å²) in [6, 6.07) is 4.67. The molecule has 0 bridgehead atoms. The van der Waals surface area contributed by atoms with Crippen LogP contribution in [0.15, 0.2) is 18.2 Å². The zero-order valence-electron chi connectivity index (χ0n) is 17.5. The number of halogens is 1. The Bertz CT molecular complexity index is 961. The van der Waals surface area contributed by atoms with Gasteiger partial charge in [0.15, 0.2) is 5.13 Å². The molecular formula is C22H27FN4O3S. The Kier molecular flexibility index (Phi) is 5.79. The fraction of sp³-hybridized carbons (Fsp3) is 0.591. The van der Waals surface area contributed by atoms with Gasteiger partial charge in [-0.1, -0.05) is 11.3 Å². The molecule has 4 heterocycles. The molecule has 1 atom stereocenters. The van der Waals surface area contributed by atoms with Crippen LogP contribution in [0.5, 0.6) is 0 Å². The van der Waals surface area contributed by atoms with Gasteiger partial charge in [-0.15, -0.1) is 0 Å². The first-order valence-corrected chi connectivity index (χ1v) is 11.9. The van der Waals surface area contributed by atoms with Crippen molar-refractivity contribution in [3.63, 3.8) is 0 Å². The van der Waals surface area contributed by atoms with Crippen LogP contribution in [0.1, 0.15) is 25.7 Å². The van der Waals surface area contributed by atoms with Crippen LogP contribution >= 0.6 is 11.3 Å². The SMILES string of the molecule is O=C(C1CCN(c2nc3ccc(F)cc3s2)CC1)N1CCN(C(=O)C2CCCO2)CC1. The highest BCUT2D eigenvalue weighted by Crippen LogP contribution is 2.32. The molecule has 1 aromatic carbocycles. The second-order valence-corrected chi connectivity index (χ2v) is 9.53. The molecule has 0 saturated carbocycles. The first kappa shape index (κ1) is 20.6. The molecule has 3 aliphatic heterocycles. The standard InChI is InChI=1S/C22H27FN4O3S/c23-16-3-4-17-19(14-16)31-22(24-17)27-7-5-15(6-8-27)20(28)25-9-11-26(12-10-25)21(29)18-2-1-13-30-18/h3-4,14-15,18H,1-2,5-13H2. The van der Waals surface area contributed by atoms with Gasteiger partial charge in [0.25, 0.3) is 5.91 Å². The van der Waals surface area contributed by atoms with Crippen LogP contribution < -0.4 is 4.90 Å². The minimum Gasteiger partial charge on any atom is -0.368 e. The number of ether oxygens (including phenoxy) is 1. The molecule has 0 radical (unpaired) electrons. The summed E-state index contributed by atoms with van der Waals surface area (Å²) in [5.41, 5.74) is 0.815. The Balaban J connectivity index is 1.13. The van der Waals surface area contributed by atoms with Gasteiger partial charge in [0.05, 0.1) is 10.2 Å².